The number of anilines is 1. The summed E-state index contributed by atoms with van der Waals surface area (Å²) >= 11 is 12.0. The van der Waals surface area contributed by atoms with Gasteiger partial charge >= 0.3 is 0 Å². The minimum atomic E-state index is -0.303. The Morgan fingerprint density at radius 3 is 2.90 bits per heavy atom. The number of nitrogens with one attached hydrogen (secondary N) is 2. The summed E-state index contributed by atoms with van der Waals surface area (Å²) in [5.74, 6) is -0.345. The summed E-state index contributed by atoms with van der Waals surface area (Å²) in [5, 5.41) is 5.53. The number of piperidine rings is 1. The average molecular weight is 318 g/mol. The van der Waals surface area contributed by atoms with Crippen molar-refractivity contribution in [3.05, 3.63) is 28.7 Å². The highest BCUT2D eigenvalue weighted by molar-refractivity contribution is 6.30. The third-order valence-corrected chi connectivity index (χ3v) is 4.37. The summed E-state index contributed by atoms with van der Waals surface area (Å²) in [4.78, 5) is 23.6. The summed E-state index contributed by atoms with van der Waals surface area (Å²) < 4.78 is 1.54. The largest absolute Gasteiger partial charge is 0.325 e. The van der Waals surface area contributed by atoms with Crippen LogP contribution in [0.15, 0.2) is 23.1 Å². The maximum Gasteiger partial charge on any atom is 0.250 e. The Bertz CT molecular complexity index is 547. The lowest BCUT2D eigenvalue weighted by molar-refractivity contribution is -0.120. The zero-order valence-corrected chi connectivity index (χ0v) is 12.6. The lowest BCUT2D eigenvalue weighted by Gasteiger charge is -2.29. The van der Waals surface area contributed by atoms with Crippen LogP contribution in [-0.2, 0) is 11.3 Å². The predicted octanol–water partition coefficient (Wildman–Crippen LogP) is 1.59. The van der Waals surface area contributed by atoms with Crippen LogP contribution in [0.25, 0.3) is 0 Å². The molecule has 5 nitrogen and oxygen atoms in total. The van der Waals surface area contributed by atoms with Gasteiger partial charge in [-0.1, -0.05) is 0 Å². The van der Waals surface area contributed by atoms with Crippen molar-refractivity contribution in [3.63, 3.8) is 0 Å². The standard InChI is InChI=1S/C13H17Cl2N3O2/c1-2-18-7-9(3-4-11(18)19)17-13(20)8-5-10(14)12(15)16-6-8/h3-4,7-8,10,12,16H,2,5-6H2,1H3,(H,17,20). The second kappa shape index (κ2) is 6.61. The quantitative estimate of drug-likeness (QED) is 0.657. The van der Waals surface area contributed by atoms with Gasteiger partial charge in [-0.25, -0.2) is 0 Å². The van der Waals surface area contributed by atoms with E-state index in [4.69, 9.17) is 23.2 Å². The molecule has 1 fully saturated rings. The molecule has 3 unspecified atom stereocenters. The van der Waals surface area contributed by atoms with E-state index in [1.54, 1.807) is 12.3 Å². The van der Waals surface area contributed by atoms with Crippen LogP contribution in [0, 0.1) is 5.92 Å². The number of carbonyl (C=O) groups is 1. The van der Waals surface area contributed by atoms with Gasteiger partial charge in [-0.3, -0.25) is 14.9 Å². The lowest BCUT2D eigenvalue weighted by atomic mass is 9.98. The van der Waals surface area contributed by atoms with Crippen LogP contribution >= 0.6 is 23.2 Å². The fourth-order valence-corrected chi connectivity index (χ4v) is 2.65. The molecule has 2 N–H and O–H groups in total. The molecule has 0 spiro atoms. The molecule has 110 valence electrons. The number of pyridine rings is 1. The van der Waals surface area contributed by atoms with E-state index in [-0.39, 0.29) is 28.3 Å². The van der Waals surface area contributed by atoms with E-state index in [1.807, 2.05) is 6.92 Å². The highest BCUT2D eigenvalue weighted by Gasteiger charge is 2.31. The topological polar surface area (TPSA) is 63.1 Å². The molecular weight excluding hydrogens is 301 g/mol. The number of amides is 1. The summed E-state index contributed by atoms with van der Waals surface area (Å²) in [5.41, 5.74) is 0.217. The fourth-order valence-electron chi connectivity index (χ4n) is 2.15. The maximum atomic E-state index is 12.2. The third kappa shape index (κ3) is 3.53. The SMILES string of the molecule is CCn1cc(NC(=O)C2CNC(Cl)C(Cl)C2)ccc1=O. The van der Waals surface area contributed by atoms with Crippen LogP contribution < -0.4 is 16.2 Å². The Kier molecular flexibility index (Phi) is 5.07. The zero-order valence-electron chi connectivity index (χ0n) is 11.1. The molecule has 7 heteroatoms. The van der Waals surface area contributed by atoms with Crippen LogP contribution in [0.5, 0.6) is 0 Å². The second-order valence-electron chi connectivity index (χ2n) is 4.79. The first kappa shape index (κ1) is 15.4. The summed E-state index contributed by atoms with van der Waals surface area (Å²) in [6, 6.07) is 3.04. The predicted molar refractivity (Wildman–Crippen MR) is 80.4 cm³/mol. The highest BCUT2D eigenvalue weighted by Crippen LogP contribution is 2.23. The maximum absolute atomic E-state index is 12.2. The Labute approximate surface area is 127 Å². The molecule has 3 atom stereocenters. The van der Waals surface area contributed by atoms with Gasteiger partial charge in [0.2, 0.25) is 5.91 Å². The summed E-state index contributed by atoms with van der Waals surface area (Å²) in [7, 11) is 0. The first-order valence-electron chi connectivity index (χ1n) is 6.54. The highest BCUT2D eigenvalue weighted by atomic mass is 35.5. The van der Waals surface area contributed by atoms with E-state index in [2.05, 4.69) is 10.6 Å². The van der Waals surface area contributed by atoms with Crippen LogP contribution in [-0.4, -0.2) is 27.9 Å². The Morgan fingerprint density at radius 1 is 1.50 bits per heavy atom. The molecule has 1 aliphatic rings. The summed E-state index contributed by atoms with van der Waals surface area (Å²) in [6.45, 7) is 2.93. The van der Waals surface area contributed by atoms with Crippen molar-refractivity contribution in [1.29, 1.82) is 0 Å². The van der Waals surface area contributed by atoms with Crippen LogP contribution in [0.2, 0.25) is 0 Å². The van der Waals surface area contributed by atoms with Gasteiger partial charge in [0.25, 0.3) is 5.56 Å². The lowest BCUT2D eigenvalue weighted by Crippen LogP contribution is -2.46. The number of aromatic nitrogens is 1. The van der Waals surface area contributed by atoms with Gasteiger partial charge in [-0.05, 0) is 19.4 Å². The Hall–Kier alpha value is -1.04. The molecule has 0 aromatic carbocycles. The van der Waals surface area contributed by atoms with Gasteiger partial charge < -0.3 is 9.88 Å². The number of carbonyl (C=O) groups excluding carboxylic acids is 1. The van der Waals surface area contributed by atoms with Gasteiger partial charge in [-0.15, -0.1) is 23.2 Å². The molecule has 0 radical (unpaired) electrons. The number of rotatable bonds is 3. The molecule has 2 rings (SSSR count). The Balaban J connectivity index is 2.03. The molecule has 20 heavy (non-hydrogen) atoms. The van der Waals surface area contributed by atoms with Crippen LogP contribution in [0.1, 0.15) is 13.3 Å². The van der Waals surface area contributed by atoms with Crippen molar-refractivity contribution in [1.82, 2.24) is 9.88 Å². The van der Waals surface area contributed by atoms with Crippen LogP contribution in [0.4, 0.5) is 5.69 Å². The van der Waals surface area contributed by atoms with E-state index in [1.165, 1.54) is 10.6 Å². The first-order chi connectivity index (χ1) is 9.51. The van der Waals surface area contributed by atoms with Gasteiger partial charge in [-0.2, -0.15) is 0 Å². The normalized spacial score (nSPS) is 26.2. The minimum Gasteiger partial charge on any atom is -0.325 e. The summed E-state index contributed by atoms with van der Waals surface area (Å²) in [6.07, 6.45) is 2.17. The van der Waals surface area contributed by atoms with E-state index in [0.29, 0.717) is 25.2 Å². The zero-order chi connectivity index (χ0) is 14.7. The molecule has 0 saturated carbocycles. The molecule has 1 aromatic heterocycles. The van der Waals surface area contributed by atoms with Gasteiger partial charge in [0, 0.05) is 25.4 Å². The van der Waals surface area contributed by atoms with Crippen molar-refractivity contribution in [2.24, 2.45) is 5.92 Å². The second-order valence-corrected chi connectivity index (χ2v) is 5.82. The number of aryl methyl sites for hydroxylation is 1. The number of hydrogen-bond donors (Lipinski definition) is 2. The van der Waals surface area contributed by atoms with Crippen molar-refractivity contribution in [2.75, 3.05) is 11.9 Å². The number of hydrogen-bond acceptors (Lipinski definition) is 3. The third-order valence-electron chi connectivity index (χ3n) is 3.35. The molecule has 1 saturated heterocycles. The molecule has 1 aliphatic heterocycles. The molecule has 2 heterocycles. The average Bonchev–Trinajstić information content (AvgIpc) is 2.43. The van der Waals surface area contributed by atoms with E-state index in [0.717, 1.165) is 0 Å². The van der Waals surface area contributed by atoms with Crippen molar-refractivity contribution >= 4 is 34.8 Å². The van der Waals surface area contributed by atoms with Gasteiger partial charge in [0.15, 0.2) is 0 Å². The smallest absolute Gasteiger partial charge is 0.250 e. The number of halogens is 2. The molecule has 1 aromatic rings. The van der Waals surface area contributed by atoms with Gasteiger partial charge in [0.05, 0.1) is 22.5 Å². The van der Waals surface area contributed by atoms with Crippen molar-refractivity contribution in [2.45, 2.75) is 30.8 Å². The number of nitrogens with zero attached hydrogens (tertiary/aromatic N) is 1. The fraction of sp³-hybridized carbons (Fsp3) is 0.538. The molecule has 0 bridgehead atoms. The first-order valence-corrected chi connectivity index (χ1v) is 7.41. The minimum absolute atomic E-state index is 0.0874. The molecule has 0 aliphatic carbocycles. The van der Waals surface area contributed by atoms with Gasteiger partial charge in [0.1, 0.15) is 0 Å². The number of alkyl halides is 2. The van der Waals surface area contributed by atoms with Crippen LogP contribution in [0.3, 0.4) is 0 Å². The molecular formula is C13H17Cl2N3O2. The monoisotopic (exact) mass is 317 g/mol. The Morgan fingerprint density at radius 2 is 2.25 bits per heavy atom. The molecule has 1 amide bonds. The van der Waals surface area contributed by atoms with E-state index < -0.39 is 0 Å². The van der Waals surface area contributed by atoms with E-state index in [9.17, 15) is 9.59 Å². The van der Waals surface area contributed by atoms with Crippen molar-refractivity contribution in [3.8, 4) is 0 Å². The van der Waals surface area contributed by atoms with E-state index >= 15 is 0 Å². The van der Waals surface area contributed by atoms with Crippen molar-refractivity contribution < 1.29 is 4.79 Å².